The van der Waals surface area contributed by atoms with Crippen LogP contribution >= 0.6 is 0 Å². The lowest BCUT2D eigenvalue weighted by Crippen LogP contribution is -2.51. The minimum Gasteiger partial charge on any atom is -0.370 e. The van der Waals surface area contributed by atoms with E-state index in [-0.39, 0.29) is 0 Å². The number of aromatic nitrogens is 2. The van der Waals surface area contributed by atoms with Crippen LogP contribution in [0, 0.1) is 13.8 Å². The number of piperazine rings is 1. The molecule has 1 aromatic heterocycles. The summed E-state index contributed by atoms with van der Waals surface area (Å²) in [5.74, 6) is 1.50. The number of anilines is 2. The molecule has 1 aliphatic rings. The van der Waals surface area contributed by atoms with Crippen LogP contribution in [-0.2, 0) is 6.42 Å². The van der Waals surface area contributed by atoms with Gasteiger partial charge in [0.2, 0.25) is 5.96 Å². The van der Waals surface area contributed by atoms with Crippen LogP contribution in [0.1, 0.15) is 37.7 Å². The van der Waals surface area contributed by atoms with Crippen molar-refractivity contribution in [2.45, 2.75) is 41.0 Å². The number of hydrogen-bond acceptors (Lipinski definition) is 5. The maximum absolute atomic E-state index is 5.85. The SMILES string of the molecule is CC.CCc1ccccc1N1CCN(C(N)=NC)CC1.CN=C(N)Nc1cccc2ccccc12.CN=C(N)n1nc(C)cc1C. The van der Waals surface area contributed by atoms with Crippen molar-refractivity contribution in [3.8, 4) is 0 Å². The van der Waals surface area contributed by atoms with Gasteiger partial charge in [0.1, 0.15) is 0 Å². The van der Waals surface area contributed by atoms with Crippen molar-refractivity contribution in [3.63, 3.8) is 0 Å². The summed E-state index contributed by atoms with van der Waals surface area (Å²) in [7, 11) is 5.05. The van der Waals surface area contributed by atoms with Crippen LogP contribution in [0.4, 0.5) is 11.4 Å². The van der Waals surface area contributed by atoms with E-state index in [1.807, 2.05) is 58.0 Å². The fourth-order valence-corrected chi connectivity index (χ4v) is 4.92. The summed E-state index contributed by atoms with van der Waals surface area (Å²) in [6, 6.07) is 24.8. The molecule has 7 N–H and O–H groups in total. The lowest BCUT2D eigenvalue weighted by Gasteiger charge is -2.37. The van der Waals surface area contributed by atoms with Crippen molar-refractivity contribution < 1.29 is 0 Å². The maximum Gasteiger partial charge on any atom is 0.216 e. The van der Waals surface area contributed by atoms with Gasteiger partial charge in [-0.2, -0.15) is 5.10 Å². The van der Waals surface area contributed by atoms with Crippen LogP contribution < -0.4 is 27.4 Å². The van der Waals surface area contributed by atoms with Gasteiger partial charge in [0.05, 0.1) is 5.69 Å². The number of nitrogens with one attached hydrogen (secondary N) is 1. The standard InChI is InChI=1S/C14H22N4.C12H13N3.C7H12N4.C2H6/c1-3-12-6-4-5-7-13(12)17-8-10-18(11-9-17)14(15)16-2;1-14-12(13)15-11-8-4-6-9-5-2-3-7-10(9)11;1-5-4-6(2)11(10-5)7(8)9-3;1-2/h4-7H,3,8-11H2,1-2H3,(H2,15,16);2-8H,1H3,(H3,13,14,15);4H,1-3H3,(H2,8,9);1-2H3. The number of aryl methyl sites for hydroxylation is 3. The quantitative estimate of drug-likeness (QED) is 0.188. The van der Waals surface area contributed by atoms with E-state index in [4.69, 9.17) is 17.2 Å². The van der Waals surface area contributed by atoms with Gasteiger partial charge >= 0.3 is 0 Å². The summed E-state index contributed by atoms with van der Waals surface area (Å²) >= 11 is 0. The number of guanidine groups is 2. The minimum atomic E-state index is 0.423. The minimum absolute atomic E-state index is 0.423. The van der Waals surface area contributed by atoms with Gasteiger partial charge < -0.3 is 32.3 Å². The van der Waals surface area contributed by atoms with Crippen LogP contribution in [0.5, 0.6) is 0 Å². The highest BCUT2D eigenvalue weighted by molar-refractivity contribution is 6.02. The Hall–Kier alpha value is -5.06. The van der Waals surface area contributed by atoms with Gasteiger partial charge in [-0.15, -0.1) is 0 Å². The highest BCUT2D eigenvalue weighted by Gasteiger charge is 2.19. The molecule has 1 saturated heterocycles. The van der Waals surface area contributed by atoms with Gasteiger partial charge in [-0.25, -0.2) is 4.68 Å². The van der Waals surface area contributed by atoms with Crippen molar-refractivity contribution >= 4 is 40.0 Å². The average Bonchev–Trinajstić information content (AvgIpc) is 3.46. The monoisotopic (exact) mass is 627 g/mol. The first-order chi connectivity index (χ1) is 22.2. The zero-order chi connectivity index (χ0) is 34.1. The van der Waals surface area contributed by atoms with Crippen molar-refractivity contribution in [2.24, 2.45) is 32.2 Å². The normalized spacial score (nSPS) is 13.5. The molecule has 0 unspecified atom stereocenters. The summed E-state index contributed by atoms with van der Waals surface area (Å²) in [6.07, 6.45) is 1.08. The number of hydrogen-bond donors (Lipinski definition) is 4. The molecule has 11 nitrogen and oxygen atoms in total. The predicted molar refractivity (Wildman–Crippen MR) is 198 cm³/mol. The van der Waals surface area contributed by atoms with Crippen molar-refractivity contribution in [3.05, 3.63) is 89.7 Å². The number of rotatable bonds is 3. The molecule has 4 aromatic rings. The number of para-hydroxylation sites is 1. The number of benzene rings is 3. The Balaban J connectivity index is 0.000000240. The molecule has 5 rings (SSSR count). The van der Waals surface area contributed by atoms with Gasteiger partial charge in [-0.3, -0.25) is 15.0 Å². The van der Waals surface area contributed by atoms with Crippen LogP contribution in [0.15, 0.2) is 87.8 Å². The number of aliphatic imine (C=N–C) groups is 3. The maximum atomic E-state index is 5.85. The summed E-state index contributed by atoms with van der Waals surface area (Å²) in [4.78, 5) is 16.3. The first-order valence-corrected chi connectivity index (χ1v) is 15.7. The largest absolute Gasteiger partial charge is 0.370 e. The van der Waals surface area contributed by atoms with Crippen molar-refractivity contribution in [1.29, 1.82) is 0 Å². The first kappa shape index (κ1) is 37.1. The molecule has 2 heterocycles. The Morgan fingerprint density at radius 3 is 1.98 bits per heavy atom. The second-order valence-corrected chi connectivity index (χ2v) is 10.2. The molecule has 3 aromatic carbocycles. The van der Waals surface area contributed by atoms with Crippen LogP contribution in [0.3, 0.4) is 0 Å². The third-order valence-corrected chi connectivity index (χ3v) is 7.29. The molecule has 0 amide bonds. The van der Waals surface area contributed by atoms with Crippen LogP contribution in [-0.4, -0.2) is 79.9 Å². The Bertz CT molecular complexity index is 1570. The first-order valence-electron chi connectivity index (χ1n) is 15.7. The molecule has 0 aliphatic carbocycles. The molecule has 1 fully saturated rings. The molecular weight excluding hydrogens is 574 g/mol. The van der Waals surface area contributed by atoms with Gasteiger partial charge in [-0.1, -0.05) is 75.4 Å². The molecule has 11 heteroatoms. The molecule has 46 heavy (non-hydrogen) atoms. The molecule has 0 spiro atoms. The van der Waals surface area contributed by atoms with E-state index in [2.05, 4.69) is 84.6 Å². The molecule has 248 valence electrons. The van der Waals surface area contributed by atoms with Crippen LogP contribution in [0.25, 0.3) is 10.8 Å². The van der Waals surface area contributed by atoms with Gasteiger partial charge in [-0.05, 0) is 49.4 Å². The van der Waals surface area contributed by atoms with E-state index in [0.717, 1.165) is 55.1 Å². The third kappa shape index (κ3) is 10.5. The zero-order valence-corrected chi connectivity index (χ0v) is 28.8. The predicted octanol–water partition coefficient (Wildman–Crippen LogP) is 4.83. The third-order valence-electron chi connectivity index (χ3n) is 7.29. The fourth-order valence-electron chi connectivity index (χ4n) is 4.92. The van der Waals surface area contributed by atoms with E-state index < -0.39 is 0 Å². The number of fused-ring (bicyclic) bond motifs is 1. The molecule has 0 bridgehead atoms. The van der Waals surface area contributed by atoms with E-state index >= 15 is 0 Å². The second kappa shape index (κ2) is 19.4. The van der Waals surface area contributed by atoms with E-state index in [9.17, 15) is 0 Å². The molecular formula is C35H53N11. The van der Waals surface area contributed by atoms with Gasteiger partial charge in [0, 0.05) is 69.8 Å². The number of nitrogens with zero attached hydrogens (tertiary/aromatic N) is 7. The average molecular weight is 628 g/mol. The van der Waals surface area contributed by atoms with Crippen LogP contribution in [0.2, 0.25) is 0 Å². The summed E-state index contributed by atoms with van der Waals surface area (Å²) in [5.41, 5.74) is 22.8. The van der Waals surface area contributed by atoms with E-state index in [1.54, 1.807) is 25.8 Å². The Labute approximate surface area is 274 Å². The van der Waals surface area contributed by atoms with Crippen molar-refractivity contribution in [2.75, 3.05) is 57.5 Å². The van der Waals surface area contributed by atoms with Gasteiger partial charge in [0.25, 0.3) is 0 Å². The second-order valence-electron chi connectivity index (χ2n) is 10.2. The lowest BCUT2D eigenvalue weighted by atomic mass is 10.1. The Morgan fingerprint density at radius 1 is 0.783 bits per heavy atom. The topological polar surface area (TPSA) is 151 Å². The highest BCUT2D eigenvalue weighted by atomic mass is 15.4. The Morgan fingerprint density at radius 2 is 1.39 bits per heavy atom. The fraction of sp³-hybridized carbons (Fsp3) is 0.371. The smallest absolute Gasteiger partial charge is 0.216 e. The van der Waals surface area contributed by atoms with Gasteiger partial charge in [0.15, 0.2) is 11.9 Å². The molecule has 0 atom stereocenters. The Kier molecular flexibility index (Phi) is 15.6. The zero-order valence-electron chi connectivity index (χ0n) is 28.8. The summed E-state index contributed by atoms with van der Waals surface area (Å²) < 4.78 is 1.62. The highest BCUT2D eigenvalue weighted by Crippen LogP contribution is 2.23. The molecule has 1 aliphatic heterocycles. The van der Waals surface area contributed by atoms with E-state index in [1.165, 1.54) is 16.6 Å². The van der Waals surface area contributed by atoms with E-state index in [0.29, 0.717) is 17.9 Å². The summed E-state index contributed by atoms with van der Waals surface area (Å²) in [5, 5.41) is 9.54. The molecule has 0 saturated carbocycles. The molecule has 0 radical (unpaired) electrons. The number of nitrogens with two attached hydrogens (primary N) is 3. The van der Waals surface area contributed by atoms with Crippen molar-refractivity contribution in [1.82, 2.24) is 14.7 Å². The summed E-state index contributed by atoms with van der Waals surface area (Å²) in [6.45, 7) is 14.0. The lowest BCUT2D eigenvalue weighted by molar-refractivity contribution is 0.381.